The first-order valence-corrected chi connectivity index (χ1v) is 10.9. The molecule has 2 fully saturated rings. The number of benzene rings is 1. The van der Waals surface area contributed by atoms with E-state index in [1.54, 1.807) is 0 Å². The van der Waals surface area contributed by atoms with Gasteiger partial charge >= 0.3 is 0 Å². The molecule has 1 heterocycles. The van der Waals surface area contributed by atoms with E-state index >= 15 is 0 Å². The lowest BCUT2D eigenvalue weighted by Gasteiger charge is -2.43. The van der Waals surface area contributed by atoms with E-state index in [-0.39, 0.29) is 6.04 Å². The molecule has 2 saturated carbocycles. The highest BCUT2D eigenvalue weighted by Crippen LogP contribution is 2.46. The number of nitrogens with one attached hydrogen (secondary N) is 2. The molecular formula is C21H29Cl2N3. The molecule has 0 amide bonds. The number of nitrogens with zero attached hydrogens (tertiary/aromatic N) is 1. The first-order chi connectivity index (χ1) is 12.6. The maximum atomic E-state index is 6.39. The molecule has 0 radical (unpaired) electrons. The summed E-state index contributed by atoms with van der Waals surface area (Å²) in [6.45, 7) is 3.14. The molecule has 0 aromatic heterocycles. The minimum Gasteiger partial charge on any atom is -0.356 e. The van der Waals surface area contributed by atoms with Crippen LogP contribution in [0.2, 0.25) is 10.0 Å². The Balaban J connectivity index is 1.50. The van der Waals surface area contributed by atoms with E-state index in [1.165, 1.54) is 57.8 Å². The Morgan fingerprint density at radius 3 is 2.85 bits per heavy atom. The monoisotopic (exact) mass is 393 g/mol. The Labute approximate surface area is 166 Å². The lowest BCUT2D eigenvalue weighted by molar-refractivity contribution is 0.106. The number of fused-ring (bicyclic) bond motifs is 3. The van der Waals surface area contributed by atoms with Gasteiger partial charge < -0.3 is 10.6 Å². The van der Waals surface area contributed by atoms with Crippen LogP contribution in [-0.2, 0) is 0 Å². The Hall–Kier alpha value is -0.930. The van der Waals surface area contributed by atoms with E-state index in [9.17, 15) is 0 Å². The summed E-state index contributed by atoms with van der Waals surface area (Å²) in [4.78, 5) is 4.78. The fourth-order valence-electron chi connectivity index (χ4n) is 5.27. The van der Waals surface area contributed by atoms with E-state index in [4.69, 9.17) is 28.2 Å². The molecule has 0 saturated heterocycles. The van der Waals surface area contributed by atoms with Crippen LogP contribution in [0.3, 0.4) is 0 Å². The van der Waals surface area contributed by atoms with Crippen molar-refractivity contribution in [2.24, 2.45) is 16.3 Å². The van der Waals surface area contributed by atoms with Gasteiger partial charge in [0.15, 0.2) is 5.96 Å². The smallest absolute Gasteiger partial charge is 0.197 e. The fraction of sp³-hybridized carbons (Fsp3) is 0.667. The first-order valence-electron chi connectivity index (χ1n) is 10.1. The van der Waals surface area contributed by atoms with E-state index in [0.717, 1.165) is 29.7 Å². The van der Waals surface area contributed by atoms with Crippen molar-refractivity contribution in [3.63, 3.8) is 0 Å². The van der Waals surface area contributed by atoms with Gasteiger partial charge in [0.1, 0.15) is 0 Å². The Bertz CT molecular complexity index is 703. The van der Waals surface area contributed by atoms with Crippen LogP contribution in [0.25, 0.3) is 0 Å². The van der Waals surface area contributed by atoms with E-state index < -0.39 is 0 Å². The summed E-state index contributed by atoms with van der Waals surface area (Å²) in [5.41, 5.74) is 2.37. The second-order valence-electron chi connectivity index (χ2n) is 8.54. The van der Waals surface area contributed by atoms with Gasteiger partial charge in [0.25, 0.3) is 0 Å². The molecule has 2 bridgehead atoms. The number of guanidine groups is 1. The van der Waals surface area contributed by atoms with Crippen LogP contribution in [0.4, 0.5) is 5.69 Å². The number of hydrogen-bond acceptors (Lipinski definition) is 3. The van der Waals surface area contributed by atoms with Crippen molar-refractivity contribution in [2.45, 2.75) is 70.8 Å². The molecule has 2 aliphatic carbocycles. The van der Waals surface area contributed by atoms with Crippen LogP contribution >= 0.6 is 23.2 Å². The zero-order valence-corrected chi connectivity index (χ0v) is 17.1. The standard InChI is InChI=1S/C21H29Cl2N3/c1-14-18-17(9-8-16(22)19(18)23)26-20(25-14)24-13-21-10-4-2-3-6-15(12-21)7-5-11-21/h8-9,14-15H,2-7,10-13H2,1H3,(H2,24,25,26)/t14?,15-,21+/m0/s1. The van der Waals surface area contributed by atoms with Crippen LogP contribution < -0.4 is 10.6 Å². The summed E-state index contributed by atoms with van der Waals surface area (Å²) in [6, 6.07) is 3.90. The summed E-state index contributed by atoms with van der Waals surface area (Å²) in [5.74, 6) is 1.81. The predicted octanol–water partition coefficient (Wildman–Crippen LogP) is 6.38. The maximum Gasteiger partial charge on any atom is 0.197 e. The normalized spacial score (nSPS) is 31.1. The van der Waals surface area contributed by atoms with Gasteiger partial charge in [0.2, 0.25) is 0 Å². The van der Waals surface area contributed by atoms with Crippen molar-refractivity contribution in [1.82, 2.24) is 10.6 Å². The van der Waals surface area contributed by atoms with Gasteiger partial charge in [-0.1, -0.05) is 61.7 Å². The molecule has 142 valence electrons. The predicted molar refractivity (Wildman–Crippen MR) is 111 cm³/mol. The largest absolute Gasteiger partial charge is 0.356 e. The molecule has 4 rings (SSSR count). The van der Waals surface area contributed by atoms with Gasteiger partial charge in [-0.15, -0.1) is 0 Å². The summed E-state index contributed by atoms with van der Waals surface area (Å²) in [6.07, 6.45) is 12.6. The van der Waals surface area contributed by atoms with Gasteiger partial charge in [-0.2, -0.15) is 0 Å². The van der Waals surface area contributed by atoms with Crippen molar-refractivity contribution in [2.75, 3.05) is 6.54 Å². The van der Waals surface area contributed by atoms with Crippen molar-refractivity contribution < 1.29 is 0 Å². The Morgan fingerprint density at radius 2 is 1.96 bits per heavy atom. The third-order valence-corrected chi connectivity index (χ3v) is 7.44. The zero-order valence-electron chi connectivity index (χ0n) is 15.6. The summed E-state index contributed by atoms with van der Waals surface area (Å²) in [5, 5.41) is 8.33. The minimum atomic E-state index is 0.102. The second kappa shape index (κ2) is 7.59. The SMILES string of the molecule is CC1NC(NC[C@]23CCCCC[C@@H](CCC2)C3)=Nc2ccc(Cl)c(Cl)c21. The third kappa shape index (κ3) is 3.71. The Kier molecular flexibility index (Phi) is 5.38. The zero-order chi connectivity index (χ0) is 18.1. The van der Waals surface area contributed by atoms with Gasteiger partial charge in [0.05, 0.1) is 21.8 Å². The molecule has 26 heavy (non-hydrogen) atoms. The fourth-order valence-corrected chi connectivity index (χ4v) is 5.76. The molecule has 3 atom stereocenters. The third-order valence-electron chi connectivity index (χ3n) is 6.62. The average Bonchev–Trinajstić information content (AvgIpc) is 2.62. The number of rotatable bonds is 2. The van der Waals surface area contributed by atoms with Gasteiger partial charge in [-0.3, -0.25) is 0 Å². The second-order valence-corrected chi connectivity index (χ2v) is 9.32. The summed E-state index contributed by atoms with van der Waals surface area (Å²) < 4.78 is 0. The molecule has 1 aromatic rings. The topological polar surface area (TPSA) is 36.4 Å². The van der Waals surface area contributed by atoms with Crippen LogP contribution in [0.15, 0.2) is 17.1 Å². The lowest BCUT2D eigenvalue weighted by atomic mass is 9.64. The van der Waals surface area contributed by atoms with Crippen LogP contribution in [0.5, 0.6) is 0 Å². The molecule has 2 N–H and O–H groups in total. The molecule has 3 nitrogen and oxygen atoms in total. The van der Waals surface area contributed by atoms with E-state index in [0.29, 0.717) is 15.5 Å². The average molecular weight is 394 g/mol. The van der Waals surface area contributed by atoms with Gasteiger partial charge in [0, 0.05) is 12.1 Å². The van der Waals surface area contributed by atoms with Crippen LogP contribution in [0.1, 0.15) is 76.3 Å². The van der Waals surface area contributed by atoms with Crippen molar-refractivity contribution in [1.29, 1.82) is 0 Å². The minimum absolute atomic E-state index is 0.102. The highest BCUT2D eigenvalue weighted by molar-refractivity contribution is 6.42. The molecule has 1 aromatic carbocycles. The molecule has 1 aliphatic heterocycles. The summed E-state index contributed by atoms with van der Waals surface area (Å²) in [7, 11) is 0. The molecule has 1 unspecified atom stereocenters. The lowest BCUT2D eigenvalue weighted by Crippen LogP contribution is -2.47. The van der Waals surface area contributed by atoms with Crippen molar-refractivity contribution in [3.8, 4) is 0 Å². The number of halogens is 2. The van der Waals surface area contributed by atoms with Crippen molar-refractivity contribution >= 4 is 34.8 Å². The molecule has 3 aliphatic rings. The van der Waals surface area contributed by atoms with E-state index in [2.05, 4.69) is 17.6 Å². The molecule has 5 heteroatoms. The first kappa shape index (κ1) is 18.4. The highest BCUT2D eigenvalue weighted by Gasteiger charge is 2.37. The Morgan fingerprint density at radius 1 is 1.15 bits per heavy atom. The van der Waals surface area contributed by atoms with E-state index in [1.807, 2.05) is 12.1 Å². The number of hydrogen-bond donors (Lipinski definition) is 2. The summed E-state index contributed by atoms with van der Waals surface area (Å²) >= 11 is 12.6. The number of aliphatic imine (C=N–C) groups is 1. The quantitative estimate of drug-likeness (QED) is 0.611. The van der Waals surface area contributed by atoms with Gasteiger partial charge in [-0.25, -0.2) is 4.99 Å². The highest BCUT2D eigenvalue weighted by atomic mass is 35.5. The molecular weight excluding hydrogens is 365 g/mol. The van der Waals surface area contributed by atoms with Crippen LogP contribution in [-0.4, -0.2) is 12.5 Å². The molecule has 0 spiro atoms. The van der Waals surface area contributed by atoms with Crippen molar-refractivity contribution in [3.05, 3.63) is 27.7 Å². The van der Waals surface area contributed by atoms with Crippen LogP contribution in [0, 0.1) is 11.3 Å². The van der Waals surface area contributed by atoms with Gasteiger partial charge in [-0.05, 0) is 49.7 Å². The maximum absolute atomic E-state index is 6.39.